The van der Waals surface area contributed by atoms with Gasteiger partial charge in [-0.15, -0.1) is 0 Å². The Morgan fingerprint density at radius 3 is 2.44 bits per heavy atom. The van der Waals surface area contributed by atoms with Crippen molar-refractivity contribution in [3.05, 3.63) is 65.0 Å². The van der Waals surface area contributed by atoms with Crippen molar-refractivity contribution < 1.29 is 9.18 Å². The van der Waals surface area contributed by atoms with Crippen molar-refractivity contribution in [3.8, 4) is 6.07 Å². The summed E-state index contributed by atoms with van der Waals surface area (Å²) in [4.78, 5) is 10.7. The molecule has 1 heterocycles. The number of carbonyl (C=O) groups excluding carboxylic acids is 1. The first-order valence-electron chi connectivity index (χ1n) is 11.6. The van der Waals surface area contributed by atoms with Crippen LogP contribution in [0.2, 0.25) is 0 Å². The first-order chi connectivity index (χ1) is 15.6. The number of nitriles is 1. The number of benzene rings is 2. The molecule has 1 unspecified atom stereocenters. The summed E-state index contributed by atoms with van der Waals surface area (Å²) in [5.41, 5.74) is 8.13. The maximum absolute atomic E-state index is 13.9. The van der Waals surface area contributed by atoms with E-state index < -0.39 is 11.4 Å². The van der Waals surface area contributed by atoms with Crippen molar-refractivity contribution in [2.45, 2.75) is 57.9 Å². The first kappa shape index (κ1) is 25.5. The van der Waals surface area contributed by atoms with Gasteiger partial charge in [0.2, 0.25) is 6.41 Å². The van der Waals surface area contributed by atoms with Crippen molar-refractivity contribution in [2.75, 3.05) is 18.4 Å². The Bertz CT molecular complexity index is 895. The summed E-state index contributed by atoms with van der Waals surface area (Å²) in [5, 5.41) is 14.8. The van der Waals surface area contributed by atoms with Gasteiger partial charge in [-0.25, -0.2) is 4.39 Å². The van der Waals surface area contributed by atoms with Crippen molar-refractivity contribution in [2.24, 2.45) is 11.7 Å². The van der Waals surface area contributed by atoms with Crippen LogP contribution in [0.25, 0.3) is 0 Å². The second-order valence-corrected chi connectivity index (χ2v) is 8.06. The highest BCUT2D eigenvalue weighted by Gasteiger charge is 2.33. The zero-order chi connectivity index (χ0) is 23.4. The molecule has 4 rings (SSSR count). The fourth-order valence-electron chi connectivity index (χ4n) is 3.76. The van der Waals surface area contributed by atoms with Crippen molar-refractivity contribution in [1.82, 2.24) is 5.32 Å². The number of nitrogens with one attached hydrogen (secondary N) is 2. The van der Waals surface area contributed by atoms with E-state index in [-0.39, 0.29) is 5.69 Å². The van der Waals surface area contributed by atoms with Crippen LogP contribution in [0, 0.1) is 23.1 Å². The first-order valence-corrected chi connectivity index (χ1v) is 11.6. The molecule has 2 aromatic rings. The molecule has 2 fully saturated rings. The van der Waals surface area contributed by atoms with Crippen LogP contribution in [-0.4, -0.2) is 19.5 Å². The van der Waals surface area contributed by atoms with E-state index >= 15 is 0 Å². The van der Waals surface area contributed by atoms with E-state index in [0.717, 1.165) is 12.0 Å². The predicted molar refractivity (Wildman–Crippen MR) is 128 cm³/mol. The Labute approximate surface area is 191 Å². The molecular weight excluding hydrogens is 403 g/mol. The normalized spacial score (nSPS) is 16.3. The molecule has 0 bridgehead atoms. The minimum Gasteiger partial charge on any atom is -0.326 e. The lowest BCUT2D eigenvalue weighted by Gasteiger charge is -2.31. The molecule has 32 heavy (non-hydrogen) atoms. The Balaban J connectivity index is 0.000000448. The lowest BCUT2D eigenvalue weighted by molar-refractivity contribution is -0.105. The number of halogens is 1. The fourth-order valence-corrected chi connectivity index (χ4v) is 3.76. The number of amides is 1. The minimum absolute atomic E-state index is 0.102. The van der Waals surface area contributed by atoms with Gasteiger partial charge in [0.15, 0.2) is 0 Å². The molecule has 6 heteroatoms. The second kappa shape index (κ2) is 12.9. The lowest BCUT2D eigenvalue weighted by Crippen LogP contribution is -2.38. The van der Waals surface area contributed by atoms with Gasteiger partial charge in [0.25, 0.3) is 0 Å². The van der Waals surface area contributed by atoms with Crippen LogP contribution >= 0.6 is 0 Å². The minimum atomic E-state index is -0.845. The summed E-state index contributed by atoms with van der Waals surface area (Å²) >= 11 is 0. The quantitative estimate of drug-likeness (QED) is 0.527. The molecule has 172 valence electrons. The molecular formula is C26H35FN4O. The summed E-state index contributed by atoms with van der Waals surface area (Å²) < 4.78 is 13.9. The van der Waals surface area contributed by atoms with E-state index in [4.69, 9.17) is 5.73 Å². The average Bonchev–Trinajstić information content (AvgIpc) is 3.47. The molecule has 2 aliphatic rings. The molecule has 2 aromatic carbocycles. The summed E-state index contributed by atoms with van der Waals surface area (Å²) in [6.07, 6.45) is 7.33. The van der Waals surface area contributed by atoms with Crippen LogP contribution in [0.15, 0.2) is 42.5 Å². The monoisotopic (exact) mass is 438 g/mol. The molecule has 1 atom stereocenters. The van der Waals surface area contributed by atoms with Crippen LogP contribution in [-0.2, 0) is 10.3 Å². The maximum atomic E-state index is 13.9. The van der Waals surface area contributed by atoms with Gasteiger partial charge in [0.05, 0.1) is 22.9 Å². The van der Waals surface area contributed by atoms with E-state index in [1.54, 1.807) is 30.3 Å². The van der Waals surface area contributed by atoms with Gasteiger partial charge in [0.1, 0.15) is 5.82 Å². The van der Waals surface area contributed by atoms with Crippen molar-refractivity contribution in [1.29, 1.82) is 5.26 Å². The van der Waals surface area contributed by atoms with Gasteiger partial charge in [-0.1, -0.05) is 44.9 Å². The van der Waals surface area contributed by atoms with Crippen LogP contribution in [0.3, 0.4) is 0 Å². The van der Waals surface area contributed by atoms with Crippen LogP contribution < -0.4 is 16.4 Å². The molecule has 0 aromatic heterocycles. The molecule has 1 saturated heterocycles. The maximum Gasteiger partial charge on any atom is 0.211 e. The van der Waals surface area contributed by atoms with Gasteiger partial charge in [-0.05, 0) is 80.1 Å². The van der Waals surface area contributed by atoms with Gasteiger partial charge in [0, 0.05) is 0 Å². The summed E-state index contributed by atoms with van der Waals surface area (Å²) in [7, 11) is 0. The third-order valence-electron chi connectivity index (χ3n) is 5.80. The van der Waals surface area contributed by atoms with Crippen molar-refractivity contribution in [3.63, 3.8) is 0 Å². The topological polar surface area (TPSA) is 90.9 Å². The summed E-state index contributed by atoms with van der Waals surface area (Å²) in [5.74, 6) is 0.182. The van der Waals surface area contributed by atoms with Gasteiger partial charge in [-0.2, -0.15) is 5.26 Å². The van der Waals surface area contributed by atoms with E-state index in [1.165, 1.54) is 44.8 Å². The highest BCUT2D eigenvalue weighted by Crippen LogP contribution is 2.40. The number of carbonyl (C=O) groups is 1. The Kier molecular flexibility index (Phi) is 10.3. The second-order valence-electron chi connectivity index (χ2n) is 8.06. The zero-order valence-corrected chi connectivity index (χ0v) is 19.2. The largest absolute Gasteiger partial charge is 0.326 e. The molecule has 0 spiro atoms. The van der Waals surface area contributed by atoms with E-state index in [2.05, 4.69) is 16.7 Å². The predicted octanol–water partition coefficient (Wildman–Crippen LogP) is 5.05. The third kappa shape index (κ3) is 7.15. The average molecular weight is 439 g/mol. The van der Waals surface area contributed by atoms with Gasteiger partial charge in [-0.3, -0.25) is 4.79 Å². The highest BCUT2D eigenvalue weighted by atomic mass is 19.1. The number of hydrogen-bond acceptors (Lipinski definition) is 4. The Morgan fingerprint density at radius 1 is 1.19 bits per heavy atom. The van der Waals surface area contributed by atoms with Gasteiger partial charge < -0.3 is 16.4 Å². The zero-order valence-electron chi connectivity index (χ0n) is 19.2. The third-order valence-corrected chi connectivity index (χ3v) is 5.80. The number of hydrogen-bond donors (Lipinski definition) is 3. The van der Waals surface area contributed by atoms with Crippen LogP contribution in [0.4, 0.5) is 10.1 Å². The number of nitrogens with zero attached hydrogens (tertiary/aromatic N) is 1. The van der Waals surface area contributed by atoms with E-state index in [1.807, 2.05) is 19.9 Å². The molecule has 1 amide bonds. The Morgan fingerprint density at radius 2 is 1.88 bits per heavy atom. The molecule has 4 N–H and O–H groups in total. The molecule has 5 nitrogen and oxygen atoms in total. The fraction of sp³-hybridized carbons (Fsp3) is 0.462. The van der Waals surface area contributed by atoms with E-state index in [0.29, 0.717) is 29.9 Å². The van der Waals surface area contributed by atoms with Crippen LogP contribution in [0.5, 0.6) is 0 Å². The lowest BCUT2D eigenvalue weighted by atomic mass is 9.79. The van der Waals surface area contributed by atoms with E-state index in [9.17, 15) is 14.4 Å². The van der Waals surface area contributed by atoms with Crippen molar-refractivity contribution >= 4 is 12.1 Å². The number of rotatable bonds is 7. The SMILES string of the molecule is C1CCNC1.CC.N#Cc1cccc(C(N)(CCC2CC2)c2ccc(F)c(NC=O)c2)c1. The number of nitrogens with two attached hydrogens (primary N) is 1. The number of anilines is 1. The highest BCUT2D eigenvalue weighted by molar-refractivity contribution is 5.72. The summed E-state index contributed by atoms with van der Waals surface area (Å²) in [6.45, 7) is 6.50. The Hall–Kier alpha value is -2.75. The summed E-state index contributed by atoms with van der Waals surface area (Å²) in [6, 6.07) is 13.9. The molecule has 1 aliphatic carbocycles. The standard InChI is InChI=1S/C20H20FN3O.C4H9N.C2H6/c21-18-7-6-17(11-19(18)24-13-25)20(23,9-8-14-4-5-14)16-3-1-2-15(10-16)12-22;1-2-4-5-3-1;1-2/h1-3,6-7,10-11,13-14H,4-5,8-9,23H2,(H,24,25);5H,1-4H2;1-2H3. The molecule has 1 saturated carbocycles. The van der Waals surface area contributed by atoms with Crippen LogP contribution in [0.1, 0.15) is 69.1 Å². The smallest absolute Gasteiger partial charge is 0.211 e. The molecule has 0 radical (unpaired) electrons. The molecule has 1 aliphatic heterocycles. The van der Waals surface area contributed by atoms with Gasteiger partial charge >= 0.3 is 0 Å².